The molecule has 0 aliphatic rings. The molecule has 0 unspecified atom stereocenters. The van der Waals surface area contributed by atoms with Crippen LogP contribution in [0.3, 0.4) is 0 Å². The van der Waals surface area contributed by atoms with Crippen molar-refractivity contribution in [3.8, 4) is 0 Å². The van der Waals surface area contributed by atoms with Crippen LogP contribution in [-0.2, 0) is 0 Å². The fourth-order valence-corrected chi connectivity index (χ4v) is 1.59. The van der Waals surface area contributed by atoms with Gasteiger partial charge in [0.05, 0.1) is 18.0 Å². The third-order valence-corrected chi connectivity index (χ3v) is 3.27. The summed E-state index contributed by atoms with van der Waals surface area (Å²) in [5.74, 6) is 0. The van der Waals surface area contributed by atoms with Crippen molar-refractivity contribution in [3.05, 3.63) is 33.7 Å². The smallest absolute Gasteiger partial charge is 0.0992 e. The number of hydrogen-bond donors (Lipinski definition) is 0. The molecule has 0 saturated heterocycles. The Labute approximate surface area is 80.5 Å². The standard InChI is InChI=1S/C7H4Br2N2/c8-6-1-5-2-10-4-11(5)3-7(6)9/h1-4H. The molecule has 2 aromatic heterocycles. The lowest BCUT2D eigenvalue weighted by molar-refractivity contribution is 1.14. The van der Waals surface area contributed by atoms with Crippen LogP contribution in [0.1, 0.15) is 0 Å². The van der Waals surface area contributed by atoms with Crippen molar-refractivity contribution in [2.45, 2.75) is 0 Å². The molecule has 0 amide bonds. The summed E-state index contributed by atoms with van der Waals surface area (Å²) in [5.41, 5.74) is 1.08. The molecule has 0 radical (unpaired) electrons. The highest BCUT2D eigenvalue weighted by Gasteiger charge is 1.98. The van der Waals surface area contributed by atoms with Crippen molar-refractivity contribution in [2.24, 2.45) is 0 Å². The molecule has 0 saturated carbocycles. The van der Waals surface area contributed by atoms with E-state index in [1.165, 1.54) is 0 Å². The Kier molecular flexibility index (Phi) is 1.73. The molecule has 2 rings (SSSR count). The predicted molar refractivity (Wildman–Crippen MR) is 50.6 cm³/mol. The van der Waals surface area contributed by atoms with E-state index in [4.69, 9.17) is 0 Å². The van der Waals surface area contributed by atoms with Gasteiger partial charge in [-0.3, -0.25) is 0 Å². The highest BCUT2D eigenvalue weighted by atomic mass is 79.9. The number of rotatable bonds is 0. The van der Waals surface area contributed by atoms with Gasteiger partial charge in [0.15, 0.2) is 0 Å². The minimum Gasteiger partial charge on any atom is -0.305 e. The second kappa shape index (κ2) is 2.60. The SMILES string of the molecule is Brc1cc2cncn2cc1Br. The van der Waals surface area contributed by atoms with Crippen molar-refractivity contribution in [1.82, 2.24) is 9.38 Å². The van der Waals surface area contributed by atoms with E-state index in [9.17, 15) is 0 Å². The van der Waals surface area contributed by atoms with Crippen LogP contribution in [-0.4, -0.2) is 9.38 Å². The first kappa shape index (κ1) is 7.31. The number of halogens is 2. The highest BCUT2D eigenvalue weighted by Crippen LogP contribution is 2.23. The van der Waals surface area contributed by atoms with Gasteiger partial charge >= 0.3 is 0 Å². The zero-order valence-corrected chi connectivity index (χ0v) is 8.63. The van der Waals surface area contributed by atoms with Crippen molar-refractivity contribution >= 4 is 37.4 Å². The second-order valence-corrected chi connectivity index (χ2v) is 3.90. The van der Waals surface area contributed by atoms with Gasteiger partial charge in [-0.05, 0) is 37.9 Å². The lowest BCUT2D eigenvalue weighted by Crippen LogP contribution is -1.81. The quantitative estimate of drug-likeness (QED) is 0.723. The average molecular weight is 276 g/mol. The number of hydrogen-bond acceptors (Lipinski definition) is 1. The van der Waals surface area contributed by atoms with Gasteiger partial charge in [0.1, 0.15) is 0 Å². The average Bonchev–Trinajstić information content (AvgIpc) is 2.36. The van der Waals surface area contributed by atoms with E-state index in [1.54, 1.807) is 6.33 Å². The van der Waals surface area contributed by atoms with Crippen LogP contribution in [0, 0.1) is 0 Å². The van der Waals surface area contributed by atoms with Gasteiger partial charge in [0.2, 0.25) is 0 Å². The van der Waals surface area contributed by atoms with Crippen molar-refractivity contribution in [3.63, 3.8) is 0 Å². The maximum atomic E-state index is 4.00. The summed E-state index contributed by atoms with van der Waals surface area (Å²) >= 11 is 6.82. The molecular formula is C7H4Br2N2. The zero-order chi connectivity index (χ0) is 7.84. The molecule has 2 aromatic rings. The number of pyridine rings is 1. The summed E-state index contributed by atoms with van der Waals surface area (Å²) < 4.78 is 4.03. The van der Waals surface area contributed by atoms with Crippen LogP contribution in [0.15, 0.2) is 33.7 Å². The van der Waals surface area contributed by atoms with E-state index in [1.807, 2.05) is 22.9 Å². The van der Waals surface area contributed by atoms with E-state index in [2.05, 4.69) is 36.8 Å². The summed E-state index contributed by atoms with van der Waals surface area (Å²) in [7, 11) is 0. The first-order valence-electron chi connectivity index (χ1n) is 3.04. The molecule has 56 valence electrons. The maximum Gasteiger partial charge on any atom is 0.0992 e. The van der Waals surface area contributed by atoms with Gasteiger partial charge in [-0.2, -0.15) is 0 Å². The van der Waals surface area contributed by atoms with Crippen LogP contribution in [0.2, 0.25) is 0 Å². The molecule has 0 atom stereocenters. The van der Waals surface area contributed by atoms with Gasteiger partial charge in [-0.1, -0.05) is 0 Å². The van der Waals surface area contributed by atoms with Gasteiger partial charge in [-0.25, -0.2) is 4.98 Å². The van der Waals surface area contributed by atoms with Gasteiger partial charge in [0.25, 0.3) is 0 Å². The molecule has 2 heterocycles. The van der Waals surface area contributed by atoms with Gasteiger partial charge < -0.3 is 4.40 Å². The molecule has 4 heteroatoms. The largest absolute Gasteiger partial charge is 0.305 e. The molecular weight excluding hydrogens is 272 g/mol. The van der Waals surface area contributed by atoms with Crippen LogP contribution in [0.25, 0.3) is 5.52 Å². The lowest BCUT2D eigenvalue weighted by atomic mass is 10.4. The van der Waals surface area contributed by atoms with Crippen LogP contribution in [0.5, 0.6) is 0 Å². The first-order chi connectivity index (χ1) is 5.27. The van der Waals surface area contributed by atoms with E-state index in [0.29, 0.717) is 0 Å². The zero-order valence-electron chi connectivity index (χ0n) is 5.46. The molecule has 0 aliphatic carbocycles. The second-order valence-electron chi connectivity index (χ2n) is 2.20. The third-order valence-electron chi connectivity index (χ3n) is 1.45. The van der Waals surface area contributed by atoms with E-state index in [-0.39, 0.29) is 0 Å². The fraction of sp³-hybridized carbons (Fsp3) is 0. The van der Waals surface area contributed by atoms with E-state index >= 15 is 0 Å². The Balaban J connectivity index is 2.86. The minimum atomic E-state index is 1.03. The fourth-order valence-electron chi connectivity index (χ4n) is 0.917. The maximum absolute atomic E-state index is 4.00. The third kappa shape index (κ3) is 1.20. The van der Waals surface area contributed by atoms with Gasteiger partial charge in [-0.15, -0.1) is 0 Å². The summed E-state index contributed by atoms with van der Waals surface area (Å²) in [6.45, 7) is 0. The van der Waals surface area contributed by atoms with Crippen molar-refractivity contribution < 1.29 is 0 Å². The Bertz CT molecular complexity index is 358. The molecule has 0 aliphatic heterocycles. The Morgan fingerprint density at radius 3 is 2.91 bits per heavy atom. The highest BCUT2D eigenvalue weighted by molar-refractivity contribution is 9.13. The Morgan fingerprint density at radius 1 is 1.27 bits per heavy atom. The summed E-state index contributed by atoms with van der Waals surface area (Å²) in [4.78, 5) is 4.00. The van der Waals surface area contributed by atoms with E-state index < -0.39 is 0 Å². The molecule has 0 aromatic carbocycles. The summed E-state index contributed by atoms with van der Waals surface area (Å²) in [5, 5.41) is 0. The minimum absolute atomic E-state index is 1.03. The Hall–Kier alpha value is -0.350. The monoisotopic (exact) mass is 274 g/mol. The number of aromatic nitrogens is 2. The molecule has 0 spiro atoms. The molecule has 11 heavy (non-hydrogen) atoms. The van der Waals surface area contributed by atoms with Gasteiger partial charge in [0, 0.05) is 15.1 Å². The normalized spacial score (nSPS) is 10.7. The summed E-state index contributed by atoms with van der Waals surface area (Å²) in [6.07, 6.45) is 5.55. The molecule has 0 N–H and O–H groups in total. The molecule has 0 bridgehead atoms. The van der Waals surface area contributed by atoms with Crippen LogP contribution < -0.4 is 0 Å². The topological polar surface area (TPSA) is 17.3 Å². The van der Waals surface area contributed by atoms with E-state index in [0.717, 1.165) is 14.5 Å². The van der Waals surface area contributed by atoms with Crippen molar-refractivity contribution in [2.75, 3.05) is 0 Å². The number of nitrogens with zero attached hydrogens (tertiary/aromatic N) is 2. The number of imidazole rings is 1. The summed E-state index contributed by atoms with van der Waals surface area (Å²) in [6, 6.07) is 2.01. The first-order valence-corrected chi connectivity index (χ1v) is 4.63. The molecule has 0 fully saturated rings. The Morgan fingerprint density at radius 2 is 2.09 bits per heavy atom. The predicted octanol–water partition coefficient (Wildman–Crippen LogP) is 2.86. The molecule has 2 nitrogen and oxygen atoms in total. The van der Waals surface area contributed by atoms with Crippen LogP contribution in [0.4, 0.5) is 0 Å². The number of fused-ring (bicyclic) bond motifs is 1. The van der Waals surface area contributed by atoms with Crippen molar-refractivity contribution in [1.29, 1.82) is 0 Å². The van der Waals surface area contributed by atoms with Crippen LogP contribution >= 0.6 is 31.9 Å². The lowest BCUT2D eigenvalue weighted by Gasteiger charge is -1.96.